The number of halogens is 1. The minimum absolute atomic E-state index is 0.00855. The third kappa shape index (κ3) is 6.30. The third-order valence-electron chi connectivity index (χ3n) is 7.16. The van der Waals surface area contributed by atoms with Crippen LogP contribution >= 0.6 is 0 Å². The number of aliphatic carboxylic acids is 1. The number of benzene rings is 2. The van der Waals surface area contributed by atoms with Crippen molar-refractivity contribution in [3.8, 4) is 16.9 Å². The molecule has 3 aromatic rings. The number of aromatic nitrogens is 1. The molecule has 1 amide bonds. The smallest absolute Gasteiger partial charge is 0.307 e. The predicted octanol–water partition coefficient (Wildman–Crippen LogP) is 5.17. The summed E-state index contributed by atoms with van der Waals surface area (Å²) in [6.45, 7) is 8.18. The van der Waals surface area contributed by atoms with Gasteiger partial charge in [-0.25, -0.2) is 9.37 Å². The van der Waals surface area contributed by atoms with Gasteiger partial charge in [0.15, 0.2) is 0 Å². The molecule has 0 radical (unpaired) electrons. The van der Waals surface area contributed by atoms with E-state index in [0.717, 1.165) is 42.6 Å². The van der Waals surface area contributed by atoms with Gasteiger partial charge in [-0.05, 0) is 60.6 Å². The van der Waals surface area contributed by atoms with Crippen LogP contribution in [-0.4, -0.2) is 41.7 Å². The van der Waals surface area contributed by atoms with Gasteiger partial charge in [0.2, 0.25) is 0 Å². The van der Waals surface area contributed by atoms with E-state index in [9.17, 15) is 19.1 Å². The van der Waals surface area contributed by atoms with E-state index in [1.165, 1.54) is 12.1 Å². The van der Waals surface area contributed by atoms with Crippen LogP contribution in [0.3, 0.4) is 0 Å². The van der Waals surface area contributed by atoms with Gasteiger partial charge in [0.25, 0.3) is 5.91 Å². The summed E-state index contributed by atoms with van der Waals surface area (Å²) >= 11 is 0. The van der Waals surface area contributed by atoms with Gasteiger partial charge in [0, 0.05) is 36.3 Å². The zero-order chi connectivity index (χ0) is 27.4. The van der Waals surface area contributed by atoms with E-state index in [1.54, 1.807) is 12.1 Å². The number of aryl methyl sites for hydroxylation is 1. The molecule has 1 aromatic heterocycles. The molecule has 0 atom stereocenters. The number of primary amides is 1. The van der Waals surface area contributed by atoms with Crippen LogP contribution in [0, 0.1) is 18.2 Å². The highest BCUT2D eigenvalue weighted by Crippen LogP contribution is 2.41. The quantitative estimate of drug-likeness (QED) is 0.404. The number of amides is 1. The summed E-state index contributed by atoms with van der Waals surface area (Å²) in [6, 6.07) is 13.9. The highest BCUT2D eigenvalue weighted by molar-refractivity contribution is 5.98. The van der Waals surface area contributed by atoms with E-state index < -0.39 is 11.9 Å². The number of carbonyl (C=O) groups is 2. The minimum atomic E-state index is -1.05. The Labute approximate surface area is 222 Å². The fraction of sp³-hybridized carbons (Fsp3) is 0.367. The SMILES string of the molecule is Cc1nc(C(N)=O)c(CC(=O)O)c(N2CCC(C)(C)CC2)c1-c1ccc(OCCc2ccc(F)cc2)cc1. The number of carboxylic acid groups (broad SMARTS) is 1. The zero-order valence-corrected chi connectivity index (χ0v) is 22.1. The van der Waals surface area contributed by atoms with Gasteiger partial charge in [-0.15, -0.1) is 0 Å². The molecule has 2 aromatic carbocycles. The molecule has 38 heavy (non-hydrogen) atoms. The lowest BCUT2D eigenvalue weighted by Gasteiger charge is -2.40. The van der Waals surface area contributed by atoms with Crippen LogP contribution in [0.2, 0.25) is 0 Å². The number of pyridine rings is 1. The van der Waals surface area contributed by atoms with Crippen molar-refractivity contribution < 1.29 is 23.8 Å². The van der Waals surface area contributed by atoms with Gasteiger partial charge in [-0.3, -0.25) is 9.59 Å². The molecular formula is C30H34FN3O4. The molecule has 4 rings (SSSR count). The van der Waals surface area contributed by atoms with Crippen molar-refractivity contribution in [1.82, 2.24) is 4.98 Å². The van der Waals surface area contributed by atoms with E-state index >= 15 is 0 Å². The molecule has 0 unspecified atom stereocenters. The van der Waals surface area contributed by atoms with Crippen LogP contribution in [0.4, 0.5) is 10.1 Å². The molecule has 0 bridgehead atoms. The fourth-order valence-electron chi connectivity index (χ4n) is 4.93. The highest BCUT2D eigenvalue weighted by atomic mass is 19.1. The maximum Gasteiger partial charge on any atom is 0.307 e. The number of ether oxygens (including phenoxy) is 1. The molecule has 1 aliphatic heterocycles. The van der Waals surface area contributed by atoms with E-state index in [-0.39, 0.29) is 23.3 Å². The lowest BCUT2D eigenvalue weighted by Crippen LogP contribution is -2.39. The molecule has 1 saturated heterocycles. The summed E-state index contributed by atoms with van der Waals surface area (Å²) in [5.41, 5.74) is 10.2. The largest absolute Gasteiger partial charge is 0.493 e. The molecule has 200 valence electrons. The predicted molar refractivity (Wildman–Crippen MR) is 145 cm³/mol. The van der Waals surface area contributed by atoms with Gasteiger partial charge in [-0.1, -0.05) is 38.1 Å². The van der Waals surface area contributed by atoms with E-state index in [1.807, 2.05) is 31.2 Å². The summed E-state index contributed by atoms with van der Waals surface area (Å²) in [5.74, 6) is -1.37. The molecule has 1 aliphatic rings. The van der Waals surface area contributed by atoms with Gasteiger partial charge in [0.05, 0.1) is 18.7 Å². The van der Waals surface area contributed by atoms with Crippen LogP contribution in [0.25, 0.3) is 11.1 Å². The summed E-state index contributed by atoms with van der Waals surface area (Å²) in [6.07, 6.45) is 2.17. The van der Waals surface area contributed by atoms with Crippen LogP contribution in [0.5, 0.6) is 5.75 Å². The normalized spacial score (nSPS) is 14.8. The topological polar surface area (TPSA) is 106 Å². The number of carboxylic acids is 1. The van der Waals surface area contributed by atoms with Crippen molar-refractivity contribution in [3.05, 3.63) is 76.9 Å². The van der Waals surface area contributed by atoms with Crippen molar-refractivity contribution >= 4 is 17.6 Å². The molecule has 2 heterocycles. The lowest BCUT2D eigenvalue weighted by atomic mass is 9.82. The molecule has 0 saturated carbocycles. The van der Waals surface area contributed by atoms with Gasteiger partial charge in [-0.2, -0.15) is 0 Å². The van der Waals surface area contributed by atoms with Crippen molar-refractivity contribution in [2.24, 2.45) is 11.1 Å². The van der Waals surface area contributed by atoms with Crippen molar-refractivity contribution in [2.45, 2.75) is 46.5 Å². The first-order valence-corrected chi connectivity index (χ1v) is 12.8. The Balaban J connectivity index is 1.67. The van der Waals surface area contributed by atoms with E-state index in [4.69, 9.17) is 10.5 Å². The fourth-order valence-corrected chi connectivity index (χ4v) is 4.93. The first-order valence-electron chi connectivity index (χ1n) is 12.8. The Morgan fingerprint density at radius 3 is 2.29 bits per heavy atom. The lowest BCUT2D eigenvalue weighted by molar-refractivity contribution is -0.136. The Bertz CT molecular complexity index is 1310. The number of nitrogens with zero attached hydrogens (tertiary/aromatic N) is 2. The maximum atomic E-state index is 13.1. The van der Waals surface area contributed by atoms with Gasteiger partial charge >= 0.3 is 5.97 Å². The number of hydrogen-bond donors (Lipinski definition) is 2. The van der Waals surface area contributed by atoms with Crippen molar-refractivity contribution in [1.29, 1.82) is 0 Å². The summed E-state index contributed by atoms with van der Waals surface area (Å²) in [4.78, 5) is 30.8. The van der Waals surface area contributed by atoms with Crippen molar-refractivity contribution in [2.75, 3.05) is 24.6 Å². The summed E-state index contributed by atoms with van der Waals surface area (Å²) in [5, 5.41) is 9.69. The standard InChI is InChI=1S/C30H34FN3O4/c1-19-26(21-6-10-23(11-7-21)38-17-12-20-4-8-22(31)9-5-20)28(34-15-13-30(2,3)14-16-34)24(18-25(35)36)27(33-19)29(32)37/h4-11H,12-18H2,1-3H3,(H2,32,37)(H,35,36). The molecule has 3 N–H and O–H groups in total. The molecule has 0 spiro atoms. The Hall–Kier alpha value is -3.94. The van der Waals surface area contributed by atoms with Crippen LogP contribution in [0.1, 0.15) is 54.0 Å². The van der Waals surface area contributed by atoms with Crippen LogP contribution in [0.15, 0.2) is 48.5 Å². The number of rotatable bonds is 9. The van der Waals surface area contributed by atoms with Gasteiger partial charge in [0.1, 0.15) is 17.3 Å². The molecular weight excluding hydrogens is 485 g/mol. The number of hydrogen-bond acceptors (Lipinski definition) is 5. The second-order valence-corrected chi connectivity index (χ2v) is 10.6. The number of piperidine rings is 1. The first kappa shape index (κ1) is 27.1. The van der Waals surface area contributed by atoms with Crippen LogP contribution < -0.4 is 15.4 Å². The summed E-state index contributed by atoms with van der Waals surface area (Å²) < 4.78 is 19.0. The Morgan fingerprint density at radius 2 is 1.71 bits per heavy atom. The maximum absolute atomic E-state index is 13.1. The first-order chi connectivity index (χ1) is 18.0. The Kier molecular flexibility index (Phi) is 7.99. The number of anilines is 1. The molecule has 7 nitrogen and oxygen atoms in total. The minimum Gasteiger partial charge on any atom is -0.493 e. The molecule has 8 heteroatoms. The van der Waals surface area contributed by atoms with Gasteiger partial charge < -0.3 is 20.5 Å². The highest BCUT2D eigenvalue weighted by Gasteiger charge is 2.31. The molecule has 1 fully saturated rings. The van der Waals surface area contributed by atoms with Crippen molar-refractivity contribution in [3.63, 3.8) is 0 Å². The number of carbonyl (C=O) groups excluding carboxylic acids is 1. The average molecular weight is 520 g/mol. The molecule has 0 aliphatic carbocycles. The van der Waals surface area contributed by atoms with E-state index in [0.29, 0.717) is 35.7 Å². The second-order valence-electron chi connectivity index (χ2n) is 10.6. The zero-order valence-electron chi connectivity index (χ0n) is 22.1. The monoisotopic (exact) mass is 519 g/mol. The summed E-state index contributed by atoms with van der Waals surface area (Å²) in [7, 11) is 0. The van der Waals surface area contributed by atoms with Crippen LogP contribution in [-0.2, 0) is 17.6 Å². The number of nitrogens with two attached hydrogens (primary N) is 1. The Morgan fingerprint density at radius 1 is 1.08 bits per heavy atom. The third-order valence-corrected chi connectivity index (χ3v) is 7.16. The second kappa shape index (κ2) is 11.2. The van der Waals surface area contributed by atoms with E-state index in [2.05, 4.69) is 23.7 Å². The average Bonchev–Trinajstić information content (AvgIpc) is 2.86.